The van der Waals surface area contributed by atoms with Gasteiger partial charge in [-0.3, -0.25) is 4.79 Å². The van der Waals surface area contributed by atoms with Crippen molar-refractivity contribution in [3.05, 3.63) is 0 Å². The molecule has 0 radical (unpaired) electrons. The molecular formula is C14H28N2O2. The van der Waals surface area contributed by atoms with Crippen LogP contribution in [-0.2, 0) is 4.79 Å². The minimum absolute atomic E-state index is 0.0708. The van der Waals surface area contributed by atoms with Crippen LogP contribution in [0.1, 0.15) is 46.0 Å². The third-order valence-corrected chi connectivity index (χ3v) is 3.73. The topological polar surface area (TPSA) is 75.4 Å². The molecule has 4 heteroatoms. The number of aliphatic hydroxyl groups is 1. The van der Waals surface area contributed by atoms with Gasteiger partial charge in [-0.2, -0.15) is 0 Å². The van der Waals surface area contributed by atoms with Crippen molar-refractivity contribution in [2.75, 3.05) is 13.1 Å². The Morgan fingerprint density at radius 1 is 1.44 bits per heavy atom. The lowest BCUT2D eigenvalue weighted by atomic mass is 9.87. The van der Waals surface area contributed by atoms with Crippen molar-refractivity contribution in [1.29, 1.82) is 0 Å². The summed E-state index contributed by atoms with van der Waals surface area (Å²) < 4.78 is 0. The SMILES string of the molecule is CC(C)CC(CN)C(=O)NCC1CCCC(O)C1. The first-order chi connectivity index (χ1) is 8.52. The van der Waals surface area contributed by atoms with Gasteiger partial charge in [-0.15, -0.1) is 0 Å². The monoisotopic (exact) mass is 256 g/mol. The van der Waals surface area contributed by atoms with Crippen molar-refractivity contribution >= 4 is 5.91 Å². The molecule has 18 heavy (non-hydrogen) atoms. The number of nitrogens with two attached hydrogens (primary N) is 1. The highest BCUT2D eigenvalue weighted by Crippen LogP contribution is 2.23. The third-order valence-electron chi connectivity index (χ3n) is 3.73. The number of hydrogen-bond donors (Lipinski definition) is 3. The zero-order valence-electron chi connectivity index (χ0n) is 11.7. The molecule has 0 aliphatic heterocycles. The molecule has 1 rings (SSSR count). The van der Waals surface area contributed by atoms with Gasteiger partial charge in [0.15, 0.2) is 0 Å². The van der Waals surface area contributed by atoms with E-state index in [4.69, 9.17) is 5.73 Å². The molecule has 3 unspecified atom stereocenters. The van der Waals surface area contributed by atoms with E-state index in [1.807, 2.05) is 0 Å². The Kier molecular flexibility index (Phi) is 6.65. The molecule has 0 spiro atoms. The first-order valence-electron chi connectivity index (χ1n) is 7.18. The number of hydrogen-bond acceptors (Lipinski definition) is 3. The molecule has 0 bridgehead atoms. The molecule has 0 aromatic heterocycles. The minimum atomic E-state index is -0.179. The first kappa shape index (κ1) is 15.4. The van der Waals surface area contributed by atoms with Gasteiger partial charge in [-0.05, 0) is 37.5 Å². The van der Waals surface area contributed by atoms with Gasteiger partial charge in [0.25, 0.3) is 0 Å². The van der Waals surface area contributed by atoms with Crippen molar-refractivity contribution in [1.82, 2.24) is 5.32 Å². The summed E-state index contributed by atoms with van der Waals surface area (Å²) in [4.78, 5) is 12.0. The van der Waals surface area contributed by atoms with Gasteiger partial charge in [0.2, 0.25) is 5.91 Å². The van der Waals surface area contributed by atoms with Gasteiger partial charge >= 0.3 is 0 Å². The van der Waals surface area contributed by atoms with Crippen molar-refractivity contribution in [3.63, 3.8) is 0 Å². The number of carbonyl (C=O) groups excluding carboxylic acids is 1. The van der Waals surface area contributed by atoms with Crippen LogP contribution in [0.3, 0.4) is 0 Å². The van der Waals surface area contributed by atoms with E-state index in [2.05, 4.69) is 19.2 Å². The molecule has 0 heterocycles. The molecular weight excluding hydrogens is 228 g/mol. The Hall–Kier alpha value is -0.610. The Labute approximate surface area is 110 Å². The van der Waals surface area contributed by atoms with Crippen LogP contribution >= 0.6 is 0 Å². The van der Waals surface area contributed by atoms with Gasteiger partial charge < -0.3 is 16.2 Å². The zero-order chi connectivity index (χ0) is 13.5. The third kappa shape index (κ3) is 5.36. The van der Waals surface area contributed by atoms with E-state index >= 15 is 0 Å². The molecule has 4 nitrogen and oxygen atoms in total. The van der Waals surface area contributed by atoms with Crippen LogP contribution < -0.4 is 11.1 Å². The Morgan fingerprint density at radius 2 is 2.17 bits per heavy atom. The molecule has 1 fully saturated rings. The van der Waals surface area contributed by atoms with Crippen LogP contribution in [0, 0.1) is 17.8 Å². The summed E-state index contributed by atoms with van der Waals surface area (Å²) in [6.45, 7) is 5.31. The minimum Gasteiger partial charge on any atom is -0.393 e. The standard InChI is InChI=1S/C14H28N2O2/c1-10(2)6-12(8-15)14(18)16-9-11-4-3-5-13(17)7-11/h10-13,17H,3-9,15H2,1-2H3,(H,16,18). The quantitative estimate of drug-likeness (QED) is 0.670. The van der Waals surface area contributed by atoms with Gasteiger partial charge in [-0.1, -0.05) is 20.3 Å². The summed E-state index contributed by atoms with van der Waals surface area (Å²) in [5, 5.41) is 12.6. The molecule has 3 atom stereocenters. The van der Waals surface area contributed by atoms with E-state index in [0.29, 0.717) is 24.9 Å². The second-order valence-corrected chi connectivity index (χ2v) is 5.99. The number of aliphatic hydroxyl groups excluding tert-OH is 1. The Balaban J connectivity index is 2.30. The summed E-state index contributed by atoms with van der Waals surface area (Å²) >= 11 is 0. The first-order valence-corrected chi connectivity index (χ1v) is 7.18. The highest BCUT2D eigenvalue weighted by atomic mass is 16.3. The van der Waals surface area contributed by atoms with E-state index in [1.165, 1.54) is 0 Å². The maximum Gasteiger partial charge on any atom is 0.224 e. The molecule has 4 N–H and O–H groups in total. The van der Waals surface area contributed by atoms with Crippen molar-refractivity contribution in [2.24, 2.45) is 23.5 Å². The Bertz CT molecular complexity index is 256. The summed E-state index contributed by atoms with van der Waals surface area (Å²) in [5.41, 5.74) is 5.65. The lowest BCUT2D eigenvalue weighted by Gasteiger charge is -2.26. The van der Waals surface area contributed by atoms with Crippen LogP contribution in [0.25, 0.3) is 0 Å². The maximum absolute atomic E-state index is 12.0. The summed E-state index contributed by atoms with van der Waals surface area (Å²) in [6.07, 6.45) is 4.56. The molecule has 106 valence electrons. The predicted molar refractivity (Wildman–Crippen MR) is 73.0 cm³/mol. The van der Waals surface area contributed by atoms with Crippen LogP contribution in [0.2, 0.25) is 0 Å². The second-order valence-electron chi connectivity index (χ2n) is 5.99. The fourth-order valence-corrected chi connectivity index (χ4v) is 2.72. The molecule has 1 aliphatic rings. The van der Waals surface area contributed by atoms with Crippen molar-refractivity contribution < 1.29 is 9.90 Å². The lowest BCUT2D eigenvalue weighted by Crippen LogP contribution is -2.39. The largest absolute Gasteiger partial charge is 0.393 e. The van der Waals surface area contributed by atoms with Crippen LogP contribution in [0.4, 0.5) is 0 Å². The zero-order valence-corrected chi connectivity index (χ0v) is 11.7. The van der Waals surface area contributed by atoms with Crippen molar-refractivity contribution in [3.8, 4) is 0 Å². The smallest absolute Gasteiger partial charge is 0.224 e. The fourth-order valence-electron chi connectivity index (χ4n) is 2.72. The van der Waals surface area contributed by atoms with E-state index in [0.717, 1.165) is 32.1 Å². The molecule has 1 saturated carbocycles. The number of carbonyl (C=O) groups is 1. The van der Waals surface area contributed by atoms with E-state index in [-0.39, 0.29) is 17.9 Å². The highest BCUT2D eigenvalue weighted by Gasteiger charge is 2.22. The van der Waals surface area contributed by atoms with E-state index in [9.17, 15) is 9.90 Å². The van der Waals surface area contributed by atoms with E-state index < -0.39 is 0 Å². The highest BCUT2D eigenvalue weighted by molar-refractivity contribution is 5.78. The number of nitrogens with one attached hydrogen (secondary N) is 1. The fraction of sp³-hybridized carbons (Fsp3) is 0.929. The van der Waals surface area contributed by atoms with Crippen LogP contribution in [-0.4, -0.2) is 30.2 Å². The van der Waals surface area contributed by atoms with Gasteiger partial charge in [0.1, 0.15) is 0 Å². The van der Waals surface area contributed by atoms with Gasteiger partial charge in [0, 0.05) is 13.1 Å². The van der Waals surface area contributed by atoms with Crippen LogP contribution in [0.5, 0.6) is 0 Å². The number of amides is 1. The predicted octanol–water partition coefficient (Wildman–Crippen LogP) is 1.27. The maximum atomic E-state index is 12.0. The molecule has 0 aromatic carbocycles. The average molecular weight is 256 g/mol. The average Bonchev–Trinajstić information content (AvgIpc) is 2.33. The summed E-state index contributed by atoms with van der Waals surface area (Å²) in [5.74, 6) is 0.917. The van der Waals surface area contributed by atoms with Gasteiger partial charge in [0.05, 0.1) is 12.0 Å². The lowest BCUT2D eigenvalue weighted by molar-refractivity contribution is -0.125. The number of rotatable bonds is 6. The molecule has 1 aliphatic carbocycles. The molecule has 0 saturated heterocycles. The normalized spacial score (nSPS) is 26.1. The molecule has 0 aromatic rings. The van der Waals surface area contributed by atoms with Crippen LogP contribution in [0.15, 0.2) is 0 Å². The van der Waals surface area contributed by atoms with Crippen molar-refractivity contribution in [2.45, 2.75) is 52.1 Å². The van der Waals surface area contributed by atoms with E-state index in [1.54, 1.807) is 0 Å². The second kappa shape index (κ2) is 7.74. The summed E-state index contributed by atoms with van der Waals surface area (Å²) in [7, 11) is 0. The van der Waals surface area contributed by atoms with Gasteiger partial charge in [-0.25, -0.2) is 0 Å². The summed E-state index contributed by atoms with van der Waals surface area (Å²) in [6, 6.07) is 0. The Morgan fingerprint density at radius 3 is 2.72 bits per heavy atom. The molecule has 1 amide bonds.